The average molecular weight is 551 g/mol. The topological polar surface area (TPSA) is 89.9 Å². The van der Waals surface area contributed by atoms with E-state index in [-0.39, 0.29) is 24.0 Å². The van der Waals surface area contributed by atoms with Crippen LogP contribution >= 0.6 is 0 Å². The third-order valence-corrected chi connectivity index (χ3v) is 8.76. The highest BCUT2D eigenvalue weighted by Gasteiger charge is 2.45. The molecule has 4 rings (SSSR count). The van der Waals surface area contributed by atoms with Gasteiger partial charge in [0.1, 0.15) is 6.10 Å². The Bertz CT molecular complexity index is 1350. The first-order valence-corrected chi connectivity index (χ1v) is 15.2. The van der Waals surface area contributed by atoms with Crippen molar-refractivity contribution in [1.82, 2.24) is 0 Å². The molecule has 0 spiro atoms. The fraction of sp³-hybridized carbons (Fsp3) is 0.406. The number of esters is 1. The van der Waals surface area contributed by atoms with Gasteiger partial charge < -0.3 is 9.84 Å². The Morgan fingerprint density at radius 1 is 0.872 bits per heavy atom. The summed E-state index contributed by atoms with van der Waals surface area (Å²) in [5.74, 6) is -0.246. The van der Waals surface area contributed by atoms with Crippen LogP contribution in [0.4, 0.5) is 0 Å². The maximum atomic E-state index is 13.9. The Hall–Kier alpha value is -3.00. The normalized spacial score (nSPS) is 21.6. The number of carbonyl (C=O) groups excluding carboxylic acids is 1. The predicted molar refractivity (Wildman–Crippen MR) is 151 cm³/mol. The Morgan fingerprint density at radius 2 is 1.41 bits per heavy atom. The number of ether oxygens (including phenoxy) is 1. The fourth-order valence-electron chi connectivity index (χ4n) is 5.53. The first-order valence-electron chi connectivity index (χ1n) is 13.4. The van der Waals surface area contributed by atoms with Crippen LogP contribution < -0.4 is 0 Å². The molecule has 1 aliphatic carbocycles. The van der Waals surface area contributed by atoms with Crippen LogP contribution in [0.5, 0.6) is 0 Å². The third kappa shape index (κ3) is 6.60. The second-order valence-corrected chi connectivity index (χ2v) is 12.9. The minimum Gasteiger partial charge on any atom is -0.459 e. The molecule has 0 amide bonds. The molecule has 3 aromatic carbocycles. The SMILES string of the molecule is C[C@@H]1CC[C@@H](C(C)(C)c2ccccc2)C[C@@H]1OC(=O)[C@](O)(c1ccccc1)c1ccc(COS(C)(=O)=O)cc1. The molecule has 1 N–H and O–H groups in total. The summed E-state index contributed by atoms with van der Waals surface area (Å²) >= 11 is 0. The molecule has 6 nitrogen and oxygen atoms in total. The van der Waals surface area contributed by atoms with Crippen molar-refractivity contribution in [2.75, 3.05) is 6.26 Å². The van der Waals surface area contributed by atoms with Crippen LogP contribution in [0.2, 0.25) is 0 Å². The highest BCUT2D eigenvalue weighted by Crippen LogP contribution is 2.44. The number of hydrogen-bond donors (Lipinski definition) is 1. The van der Waals surface area contributed by atoms with E-state index in [1.165, 1.54) is 5.56 Å². The van der Waals surface area contributed by atoms with E-state index in [9.17, 15) is 18.3 Å². The summed E-state index contributed by atoms with van der Waals surface area (Å²) in [6, 6.07) is 25.7. The van der Waals surface area contributed by atoms with E-state index in [4.69, 9.17) is 8.92 Å². The van der Waals surface area contributed by atoms with Crippen molar-refractivity contribution >= 4 is 16.1 Å². The Balaban J connectivity index is 1.59. The van der Waals surface area contributed by atoms with Gasteiger partial charge in [-0.05, 0) is 58.8 Å². The number of rotatable bonds is 9. The van der Waals surface area contributed by atoms with E-state index in [1.807, 2.05) is 12.1 Å². The summed E-state index contributed by atoms with van der Waals surface area (Å²) in [6.07, 6.45) is 3.33. The van der Waals surface area contributed by atoms with Gasteiger partial charge in [0.05, 0.1) is 12.9 Å². The van der Waals surface area contributed by atoms with Crippen LogP contribution in [-0.4, -0.2) is 31.9 Å². The second-order valence-electron chi connectivity index (χ2n) is 11.3. The van der Waals surface area contributed by atoms with E-state index < -0.39 is 21.7 Å². The molecule has 1 fully saturated rings. The molecule has 1 saturated carbocycles. The molecule has 0 radical (unpaired) electrons. The summed E-state index contributed by atoms with van der Waals surface area (Å²) in [7, 11) is -3.60. The summed E-state index contributed by atoms with van der Waals surface area (Å²) in [4.78, 5) is 13.9. The van der Waals surface area contributed by atoms with Crippen molar-refractivity contribution in [2.45, 2.75) is 63.8 Å². The minimum atomic E-state index is -3.60. The number of hydrogen-bond acceptors (Lipinski definition) is 6. The van der Waals surface area contributed by atoms with Crippen LogP contribution in [-0.2, 0) is 41.5 Å². The van der Waals surface area contributed by atoms with E-state index >= 15 is 0 Å². The van der Waals surface area contributed by atoms with Crippen molar-refractivity contribution in [3.63, 3.8) is 0 Å². The first kappa shape index (κ1) is 29.0. The highest BCUT2D eigenvalue weighted by atomic mass is 32.2. The Kier molecular flexibility index (Phi) is 8.64. The summed E-state index contributed by atoms with van der Waals surface area (Å²) < 4.78 is 33.8. The van der Waals surface area contributed by atoms with Gasteiger partial charge in [-0.25, -0.2) is 4.79 Å². The molecule has 0 bridgehead atoms. The predicted octanol–water partition coefficient (Wildman–Crippen LogP) is 5.72. The molecule has 0 heterocycles. The van der Waals surface area contributed by atoms with Gasteiger partial charge in [0.2, 0.25) is 5.60 Å². The fourth-order valence-corrected chi connectivity index (χ4v) is 5.88. The minimum absolute atomic E-state index is 0.0916. The Morgan fingerprint density at radius 3 is 1.97 bits per heavy atom. The standard InChI is InChI=1S/C32H38O6S/c1-23-15-18-28(31(2,3)25-11-7-5-8-12-25)21-29(23)38-30(33)32(34,26-13-9-6-10-14-26)27-19-16-24(17-20-27)22-37-39(4,35)36/h5-14,16-17,19-20,23,28-29,34H,15,18,21-22H2,1-4H3/t23-,28-,29+,32+/m1/s1. The molecule has 39 heavy (non-hydrogen) atoms. The van der Waals surface area contributed by atoms with Gasteiger partial charge in [0.25, 0.3) is 10.1 Å². The smallest absolute Gasteiger partial charge is 0.347 e. The molecular weight excluding hydrogens is 512 g/mol. The lowest BCUT2D eigenvalue weighted by molar-refractivity contribution is -0.173. The van der Waals surface area contributed by atoms with E-state index in [0.29, 0.717) is 29.0 Å². The van der Waals surface area contributed by atoms with Crippen molar-refractivity contribution in [3.05, 3.63) is 107 Å². The van der Waals surface area contributed by atoms with Crippen LogP contribution in [0.3, 0.4) is 0 Å². The zero-order chi connectivity index (χ0) is 28.3. The van der Waals surface area contributed by atoms with Crippen LogP contribution in [0.1, 0.15) is 62.3 Å². The lowest BCUT2D eigenvalue weighted by Crippen LogP contribution is -2.45. The largest absolute Gasteiger partial charge is 0.459 e. The maximum absolute atomic E-state index is 13.9. The van der Waals surface area contributed by atoms with Crippen LogP contribution in [0, 0.1) is 11.8 Å². The summed E-state index contributed by atoms with van der Waals surface area (Å²) in [5.41, 5.74) is 0.478. The molecular formula is C32H38O6S. The van der Waals surface area contributed by atoms with Gasteiger partial charge in [0.15, 0.2) is 0 Å². The van der Waals surface area contributed by atoms with Gasteiger partial charge in [-0.15, -0.1) is 0 Å². The van der Waals surface area contributed by atoms with Crippen molar-refractivity contribution < 1.29 is 27.2 Å². The third-order valence-electron chi connectivity index (χ3n) is 8.22. The molecule has 0 unspecified atom stereocenters. The van der Waals surface area contributed by atoms with Gasteiger partial charge >= 0.3 is 5.97 Å². The lowest BCUT2D eigenvalue weighted by Gasteiger charge is -2.43. The average Bonchev–Trinajstić information content (AvgIpc) is 2.93. The molecule has 0 aliphatic heterocycles. The zero-order valence-electron chi connectivity index (χ0n) is 23.0. The van der Waals surface area contributed by atoms with Gasteiger partial charge in [-0.1, -0.05) is 106 Å². The number of carbonyl (C=O) groups is 1. The highest BCUT2D eigenvalue weighted by molar-refractivity contribution is 7.85. The van der Waals surface area contributed by atoms with Crippen molar-refractivity contribution in [3.8, 4) is 0 Å². The number of benzene rings is 3. The molecule has 7 heteroatoms. The summed E-state index contributed by atoms with van der Waals surface area (Å²) in [5, 5.41) is 12.0. The molecule has 4 atom stereocenters. The molecule has 0 saturated heterocycles. The monoisotopic (exact) mass is 550 g/mol. The molecule has 208 valence electrons. The number of aliphatic hydroxyl groups is 1. The molecule has 0 aromatic heterocycles. The van der Waals surface area contributed by atoms with Crippen molar-refractivity contribution in [1.29, 1.82) is 0 Å². The second kappa shape index (κ2) is 11.6. The van der Waals surface area contributed by atoms with Gasteiger partial charge in [-0.3, -0.25) is 4.18 Å². The summed E-state index contributed by atoms with van der Waals surface area (Å²) in [6.45, 7) is 6.46. The van der Waals surface area contributed by atoms with E-state index in [0.717, 1.165) is 19.1 Å². The maximum Gasteiger partial charge on any atom is 0.347 e. The van der Waals surface area contributed by atoms with Crippen LogP contribution in [0.25, 0.3) is 0 Å². The Labute approximate surface area is 232 Å². The quantitative estimate of drug-likeness (QED) is 0.271. The van der Waals surface area contributed by atoms with Crippen molar-refractivity contribution in [2.24, 2.45) is 11.8 Å². The first-order chi connectivity index (χ1) is 18.4. The molecule has 3 aromatic rings. The van der Waals surface area contributed by atoms with Crippen LogP contribution in [0.15, 0.2) is 84.9 Å². The lowest BCUT2D eigenvalue weighted by atomic mass is 9.65. The zero-order valence-corrected chi connectivity index (χ0v) is 23.9. The molecule has 1 aliphatic rings. The van der Waals surface area contributed by atoms with Gasteiger partial charge in [-0.2, -0.15) is 8.42 Å². The van der Waals surface area contributed by atoms with E-state index in [1.54, 1.807) is 48.5 Å². The van der Waals surface area contributed by atoms with Gasteiger partial charge in [0, 0.05) is 0 Å². The van der Waals surface area contributed by atoms with E-state index in [2.05, 4.69) is 45.0 Å².